The second kappa shape index (κ2) is 8.34. The largest absolute Gasteiger partial charge is 0.497 e. The van der Waals surface area contributed by atoms with Crippen LogP contribution in [-0.4, -0.2) is 58.0 Å². The van der Waals surface area contributed by atoms with E-state index in [4.69, 9.17) is 17.0 Å². The number of rotatable bonds is 5. The van der Waals surface area contributed by atoms with Crippen molar-refractivity contribution < 1.29 is 4.74 Å². The molecular weight excluding hydrogens is 384 g/mol. The Bertz CT molecular complexity index is 1010. The van der Waals surface area contributed by atoms with Gasteiger partial charge in [-0.2, -0.15) is 4.68 Å². The first-order valence-corrected chi connectivity index (χ1v) is 10.2. The Morgan fingerprint density at radius 1 is 0.931 bits per heavy atom. The summed E-state index contributed by atoms with van der Waals surface area (Å²) < 4.78 is 9.45. The molecule has 7 nitrogen and oxygen atoms in total. The van der Waals surface area contributed by atoms with Gasteiger partial charge in [0.2, 0.25) is 4.77 Å². The summed E-state index contributed by atoms with van der Waals surface area (Å²) in [6.45, 7) is 8.62. The number of aryl methyl sites for hydroxylation is 2. The van der Waals surface area contributed by atoms with Crippen molar-refractivity contribution in [3.05, 3.63) is 58.4 Å². The van der Waals surface area contributed by atoms with E-state index in [1.807, 2.05) is 22.9 Å². The molecule has 8 heteroatoms. The molecule has 0 saturated carbocycles. The van der Waals surface area contributed by atoms with Crippen molar-refractivity contribution in [1.29, 1.82) is 0 Å². The van der Waals surface area contributed by atoms with Crippen LogP contribution in [0.2, 0.25) is 0 Å². The molecule has 1 saturated heterocycles. The molecule has 0 bridgehead atoms. The summed E-state index contributed by atoms with van der Waals surface area (Å²) >= 11 is 5.67. The van der Waals surface area contributed by atoms with Crippen molar-refractivity contribution in [2.75, 3.05) is 38.2 Å². The third-order valence-corrected chi connectivity index (χ3v) is 5.82. The van der Waals surface area contributed by atoms with Crippen molar-refractivity contribution >= 4 is 17.9 Å². The lowest BCUT2D eigenvalue weighted by Gasteiger charge is -2.35. The fourth-order valence-corrected chi connectivity index (χ4v) is 4.00. The lowest BCUT2D eigenvalue weighted by Crippen LogP contribution is -2.47. The molecule has 0 radical (unpaired) electrons. The molecule has 0 unspecified atom stereocenters. The third-order valence-electron chi connectivity index (χ3n) is 5.43. The van der Waals surface area contributed by atoms with Gasteiger partial charge in [0.25, 0.3) is 0 Å². The molecule has 0 spiro atoms. The first-order chi connectivity index (χ1) is 14.1. The van der Waals surface area contributed by atoms with Crippen molar-refractivity contribution in [2.24, 2.45) is 0 Å². The van der Waals surface area contributed by atoms with E-state index >= 15 is 0 Å². The van der Waals surface area contributed by atoms with Gasteiger partial charge in [0, 0.05) is 31.9 Å². The van der Waals surface area contributed by atoms with Crippen molar-refractivity contribution in [3.8, 4) is 11.4 Å². The van der Waals surface area contributed by atoms with Crippen LogP contribution < -0.4 is 9.64 Å². The molecule has 1 aromatic heterocycles. The summed E-state index contributed by atoms with van der Waals surface area (Å²) in [6, 6.07) is 14.4. The predicted molar refractivity (Wildman–Crippen MR) is 116 cm³/mol. The minimum absolute atomic E-state index is 0.625. The number of nitrogens with zero attached hydrogens (tertiary/aromatic N) is 6. The van der Waals surface area contributed by atoms with Gasteiger partial charge in [-0.3, -0.25) is 4.90 Å². The van der Waals surface area contributed by atoms with E-state index in [2.05, 4.69) is 58.3 Å². The number of hydrogen-bond donors (Lipinski definition) is 0. The Balaban J connectivity index is 1.42. The fraction of sp³-hybridized carbons (Fsp3) is 0.381. The second-order valence-electron chi connectivity index (χ2n) is 7.36. The number of methoxy groups -OCH3 is 1. The van der Waals surface area contributed by atoms with Gasteiger partial charge in [-0.1, -0.05) is 18.2 Å². The van der Waals surface area contributed by atoms with E-state index < -0.39 is 0 Å². The average Bonchev–Trinajstić information content (AvgIpc) is 3.09. The van der Waals surface area contributed by atoms with Crippen molar-refractivity contribution in [3.63, 3.8) is 0 Å². The Morgan fingerprint density at radius 2 is 1.59 bits per heavy atom. The zero-order valence-electron chi connectivity index (χ0n) is 17.1. The maximum absolute atomic E-state index is 5.67. The monoisotopic (exact) mass is 410 g/mol. The molecule has 2 heterocycles. The van der Waals surface area contributed by atoms with Crippen molar-refractivity contribution in [2.45, 2.75) is 20.5 Å². The maximum atomic E-state index is 5.67. The van der Waals surface area contributed by atoms with Crippen LogP contribution in [0.4, 0.5) is 5.69 Å². The van der Waals surface area contributed by atoms with Gasteiger partial charge < -0.3 is 9.64 Å². The smallest absolute Gasteiger partial charge is 0.221 e. The molecule has 2 aromatic carbocycles. The molecule has 152 valence electrons. The molecule has 0 aliphatic carbocycles. The van der Waals surface area contributed by atoms with Crippen LogP contribution in [0, 0.1) is 18.6 Å². The van der Waals surface area contributed by atoms with E-state index in [1.54, 1.807) is 11.8 Å². The van der Waals surface area contributed by atoms with Gasteiger partial charge in [0.1, 0.15) is 5.75 Å². The predicted octanol–water partition coefficient (Wildman–Crippen LogP) is 3.20. The molecule has 1 fully saturated rings. The maximum Gasteiger partial charge on any atom is 0.221 e. The number of anilines is 1. The zero-order valence-corrected chi connectivity index (χ0v) is 17.9. The van der Waals surface area contributed by atoms with Crippen LogP contribution in [0.1, 0.15) is 11.1 Å². The normalized spacial score (nSPS) is 14.9. The van der Waals surface area contributed by atoms with E-state index in [9.17, 15) is 0 Å². The highest BCUT2D eigenvalue weighted by molar-refractivity contribution is 7.71. The van der Waals surface area contributed by atoms with Crippen LogP contribution >= 0.6 is 12.2 Å². The topological polar surface area (TPSA) is 51.4 Å². The highest BCUT2D eigenvalue weighted by Gasteiger charge is 2.19. The summed E-state index contributed by atoms with van der Waals surface area (Å²) in [4.78, 5) is 4.75. The Hall–Kier alpha value is -2.71. The van der Waals surface area contributed by atoms with E-state index in [0.29, 0.717) is 11.4 Å². The van der Waals surface area contributed by atoms with Crippen LogP contribution in [0.3, 0.4) is 0 Å². The average molecular weight is 411 g/mol. The number of para-hydroxylation sites is 1. The molecule has 4 rings (SSSR count). The third kappa shape index (κ3) is 4.04. The minimum atomic E-state index is 0.625. The van der Waals surface area contributed by atoms with Gasteiger partial charge in [-0.25, -0.2) is 4.68 Å². The minimum Gasteiger partial charge on any atom is -0.497 e. The van der Waals surface area contributed by atoms with E-state index in [-0.39, 0.29) is 0 Å². The molecule has 0 N–H and O–H groups in total. The Kier molecular flexibility index (Phi) is 5.64. The van der Waals surface area contributed by atoms with Gasteiger partial charge in [0.15, 0.2) is 0 Å². The number of benzene rings is 2. The number of tetrazole rings is 1. The molecule has 1 aliphatic heterocycles. The zero-order chi connectivity index (χ0) is 20.4. The summed E-state index contributed by atoms with van der Waals surface area (Å²) in [6.07, 6.45) is 0. The lowest BCUT2D eigenvalue weighted by atomic mass is 10.1. The first kappa shape index (κ1) is 19.6. The van der Waals surface area contributed by atoms with Gasteiger partial charge >= 0.3 is 0 Å². The molecule has 29 heavy (non-hydrogen) atoms. The molecule has 3 aromatic rings. The summed E-state index contributed by atoms with van der Waals surface area (Å²) in [5.74, 6) is 0.883. The standard InChI is InChI=1S/C21H26N6OS/c1-16-5-4-6-17(2)20(16)27-21(29)26(22-23-27)15-24-11-13-25(14-12-24)18-7-9-19(28-3)10-8-18/h4-10H,11-15H2,1-3H3. The van der Waals surface area contributed by atoms with Gasteiger partial charge in [-0.05, 0) is 71.9 Å². The molecule has 0 atom stereocenters. The van der Waals surface area contributed by atoms with Crippen LogP contribution in [0.5, 0.6) is 5.75 Å². The summed E-state index contributed by atoms with van der Waals surface area (Å²) in [7, 11) is 1.69. The highest BCUT2D eigenvalue weighted by atomic mass is 32.1. The number of ether oxygens (including phenoxy) is 1. The van der Waals surface area contributed by atoms with Gasteiger partial charge in [-0.15, -0.1) is 0 Å². The van der Waals surface area contributed by atoms with E-state index in [1.165, 1.54) is 5.69 Å². The number of aromatic nitrogens is 4. The SMILES string of the molecule is COc1ccc(N2CCN(Cn3nnn(-c4c(C)cccc4C)c3=S)CC2)cc1. The molecule has 0 amide bonds. The van der Waals surface area contributed by atoms with Crippen LogP contribution in [-0.2, 0) is 6.67 Å². The summed E-state index contributed by atoms with van der Waals surface area (Å²) in [5.41, 5.74) is 4.53. The second-order valence-corrected chi connectivity index (χ2v) is 7.72. The van der Waals surface area contributed by atoms with Crippen molar-refractivity contribution in [1.82, 2.24) is 24.7 Å². The Labute approximate surface area is 176 Å². The quantitative estimate of drug-likeness (QED) is 0.602. The molecule has 1 aliphatic rings. The fourth-order valence-electron chi connectivity index (χ4n) is 3.77. The summed E-state index contributed by atoms with van der Waals surface area (Å²) in [5, 5.41) is 8.65. The highest BCUT2D eigenvalue weighted by Crippen LogP contribution is 2.21. The van der Waals surface area contributed by atoms with Crippen LogP contribution in [0.15, 0.2) is 42.5 Å². The van der Waals surface area contributed by atoms with Crippen LogP contribution in [0.25, 0.3) is 5.69 Å². The van der Waals surface area contributed by atoms with Gasteiger partial charge in [0.05, 0.1) is 19.5 Å². The number of hydrogen-bond acceptors (Lipinski definition) is 6. The first-order valence-electron chi connectivity index (χ1n) is 9.77. The van der Waals surface area contributed by atoms with E-state index in [0.717, 1.165) is 48.7 Å². The Morgan fingerprint density at radius 3 is 2.21 bits per heavy atom. The number of piperazine rings is 1. The lowest BCUT2D eigenvalue weighted by molar-refractivity contribution is 0.193. The molecular formula is C21H26N6OS.